The van der Waals surface area contributed by atoms with E-state index >= 15 is 0 Å². The minimum absolute atomic E-state index is 0.162. The summed E-state index contributed by atoms with van der Waals surface area (Å²) in [6.45, 7) is 3.73. The fourth-order valence-electron chi connectivity index (χ4n) is 3.50. The molecule has 2 aromatic carbocycles. The quantitative estimate of drug-likeness (QED) is 0.484. The van der Waals surface area contributed by atoms with Crippen molar-refractivity contribution in [1.29, 1.82) is 5.26 Å². The number of anilines is 5. The highest BCUT2D eigenvalue weighted by atomic mass is 16.5. The average molecular weight is 444 g/mol. The first-order chi connectivity index (χ1) is 16.2. The Bertz CT molecular complexity index is 1120. The van der Waals surface area contributed by atoms with Crippen LogP contribution in [0.25, 0.3) is 0 Å². The molecule has 1 aliphatic rings. The number of hydrogen-bond donors (Lipinski definition) is 3. The van der Waals surface area contributed by atoms with E-state index in [1.54, 1.807) is 0 Å². The number of amides is 1. The Kier molecular flexibility index (Phi) is 7.30. The van der Waals surface area contributed by atoms with E-state index in [1.165, 1.54) is 6.33 Å². The van der Waals surface area contributed by atoms with Gasteiger partial charge in [0.15, 0.2) is 0 Å². The fraction of sp³-hybridized carbons (Fsp3) is 0.250. The molecule has 0 bridgehead atoms. The zero-order valence-electron chi connectivity index (χ0n) is 18.1. The smallest absolute Gasteiger partial charge is 0.238 e. The van der Waals surface area contributed by atoms with E-state index in [-0.39, 0.29) is 12.3 Å². The van der Waals surface area contributed by atoms with Crippen LogP contribution in [-0.2, 0) is 16.1 Å². The van der Waals surface area contributed by atoms with E-state index in [9.17, 15) is 4.79 Å². The molecule has 1 amide bonds. The highest BCUT2D eigenvalue weighted by Gasteiger charge is 2.15. The lowest BCUT2D eigenvalue weighted by atomic mass is 10.2. The summed E-state index contributed by atoms with van der Waals surface area (Å²) in [4.78, 5) is 22.5. The molecule has 1 saturated heterocycles. The molecular formula is C24H25N7O2. The highest BCUT2D eigenvalue weighted by molar-refractivity contribution is 5.92. The van der Waals surface area contributed by atoms with Gasteiger partial charge in [0.05, 0.1) is 30.7 Å². The van der Waals surface area contributed by atoms with Gasteiger partial charge in [-0.25, -0.2) is 9.97 Å². The maximum atomic E-state index is 11.5. The lowest BCUT2D eigenvalue weighted by molar-refractivity contribution is -0.115. The molecule has 9 nitrogen and oxygen atoms in total. The molecule has 4 rings (SSSR count). The first kappa shape index (κ1) is 22.0. The third kappa shape index (κ3) is 6.18. The van der Waals surface area contributed by atoms with Crippen molar-refractivity contribution < 1.29 is 9.53 Å². The van der Waals surface area contributed by atoms with Crippen LogP contribution in [0, 0.1) is 11.3 Å². The van der Waals surface area contributed by atoms with Crippen LogP contribution in [0.15, 0.2) is 60.9 Å². The summed E-state index contributed by atoms with van der Waals surface area (Å²) in [5.41, 5.74) is 3.79. The maximum absolute atomic E-state index is 11.5. The topological polar surface area (TPSA) is 115 Å². The number of nitrogens with one attached hydrogen (secondary N) is 3. The summed E-state index contributed by atoms with van der Waals surface area (Å²) in [5.74, 6) is 1.08. The number of nitriles is 1. The monoisotopic (exact) mass is 443 g/mol. The second-order valence-electron chi connectivity index (χ2n) is 7.46. The molecule has 3 aromatic rings. The number of carbonyl (C=O) groups is 1. The molecule has 1 aliphatic heterocycles. The summed E-state index contributed by atoms with van der Waals surface area (Å²) in [6, 6.07) is 19.3. The molecule has 33 heavy (non-hydrogen) atoms. The van der Waals surface area contributed by atoms with Gasteiger partial charge in [0.1, 0.15) is 24.4 Å². The molecule has 0 aliphatic carbocycles. The molecule has 1 fully saturated rings. The lowest BCUT2D eigenvalue weighted by Gasteiger charge is -2.30. The lowest BCUT2D eigenvalue weighted by Crippen LogP contribution is -2.36. The summed E-state index contributed by atoms with van der Waals surface area (Å²) in [5, 5.41) is 18.0. The number of rotatable bonds is 8. The van der Waals surface area contributed by atoms with Gasteiger partial charge in [-0.2, -0.15) is 5.26 Å². The molecular weight excluding hydrogens is 418 g/mol. The van der Waals surface area contributed by atoms with Gasteiger partial charge in [-0.05, 0) is 29.8 Å². The van der Waals surface area contributed by atoms with Crippen LogP contribution < -0.4 is 20.9 Å². The second kappa shape index (κ2) is 10.9. The largest absolute Gasteiger partial charge is 0.378 e. The van der Waals surface area contributed by atoms with Crippen molar-refractivity contribution in [2.45, 2.75) is 13.0 Å². The van der Waals surface area contributed by atoms with Crippen molar-refractivity contribution in [3.8, 4) is 6.07 Å². The summed E-state index contributed by atoms with van der Waals surface area (Å²) >= 11 is 0. The van der Waals surface area contributed by atoms with Crippen LogP contribution >= 0.6 is 0 Å². The first-order valence-corrected chi connectivity index (χ1v) is 10.7. The minimum atomic E-state index is -0.320. The zero-order chi connectivity index (χ0) is 22.9. The van der Waals surface area contributed by atoms with E-state index in [1.807, 2.05) is 54.6 Å². The SMILES string of the molecule is N#CCC(=O)Nc1ccc(CNc2cc(Nc3ccccc3N3CCOCC3)ncn2)cc1. The van der Waals surface area contributed by atoms with Gasteiger partial charge in [0.25, 0.3) is 0 Å². The molecule has 168 valence electrons. The Morgan fingerprint density at radius 1 is 1.06 bits per heavy atom. The first-order valence-electron chi connectivity index (χ1n) is 10.7. The minimum Gasteiger partial charge on any atom is -0.378 e. The average Bonchev–Trinajstić information content (AvgIpc) is 2.85. The summed E-state index contributed by atoms with van der Waals surface area (Å²) in [6.07, 6.45) is 1.36. The Morgan fingerprint density at radius 2 is 1.82 bits per heavy atom. The van der Waals surface area contributed by atoms with Crippen molar-refractivity contribution in [3.05, 3.63) is 66.5 Å². The molecule has 2 heterocycles. The van der Waals surface area contributed by atoms with Crippen LogP contribution in [0.5, 0.6) is 0 Å². The number of para-hydroxylation sites is 2. The van der Waals surface area contributed by atoms with Gasteiger partial charge in [-0.15, -0.1) is 0 Å². The van der Waals surface area contributed by atoms with Crippen LogP contribution in [0.3, 0.4) is 0 Å². The number of benzene rings is 2. The van der Waals surface area contributed by atoms with Gasteiger partial charge < -0.3 is 25.6 Å². The molecule has 0 spiro atoms. The Hall–Kier alpha value is -4.16. The molecule has 0 saturated carbocycles. The third-order valence-electron chi connectivity index (χ3n) is 5.14. The van der Waals surface area contributed by atoms with Crippen molar-refractivity contribution in [2.75, 3.05) is 47.2 Å². The number of hydrogen-bond acceptors (Lipinski definition) is 8. The normalized spacial score (nSPS) is 13.1. The molecule has 9 heteroatoms. The van der Waals surface area contributed by atoms with Crippen LogP contribution in [0.1, 0.15) is 12.0 Å². The van der Waals surface area contributed by atoms with Crippen LogP contribution in [0.4, 0.5) is 28.7 Å². The number of ether oxygens (including phenoxy) is 1. The number of nitrogens with zero attached hydrogens (tertiary/aromatic N) is 4. The van der Waals surface area contributed by atoms with Crippen molar-refractivity contribution >= 4 is 34.6 Å². The second-order valence-corrected chi connectivity index (χ2v) is 7.46. The van der Waals surface area contributed by atoms with E-state index < -0.39 is 0 Å². The van der Waals surface area contributed by atoms with Crippen LogP contribution in [-0.4, -0.2) is 42.2 Å². The Balaban J connectivity index is 1.37. The molecule has 0 atom stereocenters. The Morgan fingerprint density at radius 3 is 2.61 bits per heavy atom. The molecule has 0 unspecified atom stereocenters. The third-order valence-corrected chi connectivity index (χ3v) is 5.14. The van der Waals surface area contributed by atoms with E-state index in [4.69, 9.17) is 10.00 Å². The van der Waals surface area contributed by atoms with Gasteiger partial charge in [0, 0.05) is 31.4 Å². The number of aromatic nitrogens is 2. The van der Waals surface area contributed by atoms with E-state index in [0.29, 0.717) is 23.9 Å². The van der Waals surface area contributed by atoms with Gasteiger partial charge >= 0.3 is 0 Å². The van der Waals surface area contributed by atoms with Gasteiger partial charge in [-0.3, -0.25) is 4.79 Å². The molecule has 1 aromatic heterocycles. The molecule has 0 radical (unpaired) electrons. The predicted octanol–water partition coefficient (Wildman–Crippen LogP) is 3.52. The van der Waals surface area contributed by atoms with E-state index in [2.05, 4.69) is 36.9 Å². The fourth-order valence-corrected chi connectivity index (χ4v) is 3.50. The standard InChI is InChI=1S/C24H25N7O2/c25-10-9-24(32)29-19-7-5-18(6-8-19)16-26-22-15-23(28-17-27-22)30-20-3-1-2-4-21(20)31-11-13-33-14-12-31/h1-8,15,17H,9,11-14,16H2,(H,29,32)(H2,26,27,28,30). The van der Waals surface area contributed by atoms with Crippen molar-refractivity contribution in [1.82, 2.24) is 9.97 Å². The van der Waals surface area contributed by atoms with Gasteiger partial charge in [-0.1, -0.05) is 24.3 Å². The maximum Gasteiger partial charge on any atom is 0.238 e. The summed E-state index contributed by atoms with van der Waals surface area (Å²) in [7, 11) is 0. The number of morpholine rings is 1. The summed E-state index contributed by atoms with van der Waals surface area (Å²) < 4.78 is 5.47. The predicted molar refractivity (Wildman–Crippen MR) is 127 cm³/mol. The van der Waals surface area contributed by atoms with E-state index in [0.717, 1.165) is 43.2 Å². The van der Waals surface area contributed by atoms with Crippen molar-refractivity contribution in [3.63, 3.8) is 0 Å². The van der Waals surface area contributed by atoms with Crippen LogP contribution in [0.2, 0.25) is 0 Å². The van der Waals surface area contributed by atoms with Crippen molar-refractivity contribution in [2.24, 2.45) is 0 Å². The Labute approximate surface area is 192 Å². The van der Waals surface area contributed by atoms with Gasteiger partial charge in [0.2, 0.25) is 5.91 Å². The highest BCUT2D eigenvalue weighted by Crippen LogP contribution is 2.29. The zero-order valence-corrected chi connectivity index (χ0v) is 18.1. The number of carbonyl (C=O) groups excluding carboxylic acids is 1. The molecule has 3 N–H and O–H groups in total.